The van der Waals surface area contributed by atoms with Gasteiger partial charge in [0.2, 0.25) is 0 Å². The molecule has 17 heavy (non-hydrogen) atoms. The van der Waals surface area contributed by atoms with Crippen LogP contribution in [0.25, 0.3) is 0 Å². The third kappa shape index (κ3) is 1.23. The molecule has 2 aliphatic carbocycles. The van der Waals surface area contributed by atoms with E-state index in [0.717, 1.165) is 5.56 Å². The van der Waals surface area contributed by atoms with Crippen LogP contribution in [0.1, 0.15) is 18.4 Å². The van der Waals surface area contributed by atoms with Gasteiger partial charge in [-0.2, -0.15) is 0 Å². The van der Waals surface area contributed by atoms with Crippen molar-refractivity contribution in [2.45, 2.75) is 18.3 Å². The predicted octanol–water partition coefficient (Wildman–Crippen LogP) is 2.27. The molecule has 0 heterocycles. The fraction of sp³-hybridized carbons (Fsp3) is 0.385. The van der Waals surface area contributed by atoms with Gasteiger partial charge >= 0.3 is 5.97 Å². The van der Waals surface area contributed by atoms with Crippen LogP contribution in [0.2, 0.25) is 5.02 Å². The quantitative estimate of drug-likeness (QED) is 0.876. The topological polar surface area (TPSA) is 54.4 Å². The van der Waals surface area contributed by atoms with Crippen molar-refractivity contribution in [3.05, 3.63) is 34.9 Å². The monoisotopic (exact) mass is 250 g/mol. The van der Waals surface area contributed by atoms with Gasteiger partial charge in [-0.05, 0) is 30.0 Å². The SMILES string of the molecule is O=C(O)[C@@H]1[C@@H]2CCC(=O)[C@@]12c1ccc(Cl)cc1. The number of Topliss-reactive ketones (excluding diaryl/α,β-unsaturated/α-hetero) is 1. The molecule has 88 valence electrons. The summed E-state index contributed by atoms with van der Waals surface area (Å²) in [6, 6.07) is 6.99. The van der Waals surface area contributed by atoms with E-state index in [0.29, 0.717) is 17.9 Å². The van der Waals surface area contributed by atoms with Gasteiger partial charge in [0.05, 0.1) is 11.3 Å². The number of carbonyl (C=O) groups excluding carboxylic acids is 1. The molecule has 0 radical (unpaired) electrons. The maximum Gasteiger partial charge on any atom is 0.308 e. The van der Waals surface area contributed by atoms with Crippen molar-refractivity contribution in [3.8, 4) is 0 Å². The first-order chi connectivity index (χ1) is 8.08. The van der Waals surface area contributed by atoms with Crippen LogP contribution in [-0.2, 0) is 15.0 Å². The molecule has 0 aliphatic heterocycles. The zero-order valence-corrected chi connectivity index (χ0v) is 9.78. The molecule has 4 heteroatoms. The number of carboxylic acids is 1. The highest BCUT2D eigenvalue weighted by molar-refractivity contribution is 6.30. The molecule has 0 unspecified atom stereocenters. The minimum absolute atomic E-state index is 0.0197. The summed E-state index contributed by atoms with van der Waals surface area (Å²) in [6.07, 6.45) is 1.19. The third-order valence-corrected chi connectivity index (χ3v) is 4.35. The van der Waals surface area contributed by atoms with Crippen molar-refractivity contribution < 1.29 is 14.7 Å². The van der Waals surface area contributed by atoms with Gasteiger partial charge in [0, 0.05) is 11.4 Å². The Labute approximate surface area is 103 Å². The lowest BCUT2D eigenvalue weighted by Crippen LogP contribution is -2.23. The van der Waals surface area contributed by atoms with Gasteiger partial charge in [-0.3, -0.25) is 9.59 Å². The molecule has 1 N–H and O–H groups in total. The van der Waals surface area contributed by atoms with Crippen LogP contribution in [0, 0.1) is 11.8 Å². The predicted molar refractivity (Wildman–Crippen MR) is 62.0 cm³/mol. The maximum absolute atomic E-state index is 12.0. The molecule has 0 aromatic heterocycles. The number of hydrogen-bond acceptors (Lipinski definition) is 2. The summed E-state index contributed by atoms with van der Waals surface area (Å²) in [4.78, 5) is 23.2. The summed E-state index contributed by atoms with van der Waals surface area (Å²) in [5.74, 6) is -1.35. The number of carbonyl (C=O) groups is 2. The molecule has 3 atom stereocenters. The molecular weight excluding hydrogens is 240 g/mol. The van der Waals surface area contributed by atoms with E-state index in [4.69, 9.17) is 11.6 Å². The van der Waals surface area contributed by atoms with Gasteiger partial charge in [-0.25, -0.2) is 0 Å². The lowest BCUT2D eigenvalue weighted by Gasteiger charge is -2.12. The second kappa shape index (κ2) is 3.33. The van der Waals surface area contributed by atoms with E-state index >= 15 is 0 Å². The average molecular weight is 251 g/mol. The number of aliphatic carboxylic acids is 1. The number of fused-ring (bicyclic) bond motifs is 1. The number of rotatable bonds is 2. The van der Waals surface area contributed by atoms with Crippen LogP contribution in [-0.4, -0.2) is 16.9 Å². The molecule has 2 fully saturated rings. The van der Waals surface area contributed by atoms with Gasteiger partial charge < -0.3 is 5.11 Å². The first-order valence-corrected chi connectivity index (χ1v) is 5.98. The smallest absolute Gasteiger partial charge is 0.308 e. The molecule has 0 bridgehead atoms. The van der Waals surface area contributed by atoms with E-state index in [1.807, 2.05) is 0 Å². The maximum atomic E-state index is 12.0. The molecule has 0 spiro atoms. The fourth-order valence-electron chi connectivity index (χ4n) is 3.37. The highest BCUT2D eigenvalue weighted by Gasteiger charge is 2.75. The summed E-state index contributed by atoms with van der Waals surface area (Å²) in [5, 5.41) is 9.78. The van der Waals surface area contributed by atoms with Crippen molar-refractivity contribution in [1.29, 1.82) is 0 Å². The normalized spacial score (nSPS) is 34.5. The Morgan fingerprint density at radius 2 is 2.00 bits per heavy atom. The Hall–Kier alpha value is -1.35. The van der Waals surface area contributed by atoms with Gasteiger partial charge in [0.15, 0.2) is 0 Å². The van der Waals surface area contributed by atoms with E-state index in [1.54, 1.807) is 24.3 Å². The van der Waals surface area contributed by atoms with Crippen LogP contribution in [0.4, 0.5) is 0 Å². The minimum atomic E-state index is -0.863. The van der Waals surface area contributed by atoms with Crippen molar-refractivity contribution in [1.82, 2.24) is 0 Å². The van der Waals surface area contributed by atoms with Crippen LogP contribution in [0.15, 0.2) is 24.3 Å². The Morgan fingerprint density at radius 1 is 1.35 bits per heavy atom. The molecule has 1 aromatic carbocycles. The highest BCUT2D eigenvalue weighted by atomic mass is 35.5. The van der Waals surface area contributed by atoms with E-state index in [-0.39, 0.29) is 11.7 Å². The standard InChI is InChI=1S/C13H11ClO3/c14-8-3-1-7(2-4-8)13-9(5-6-10(13)15)11(13)12(16)17/h1-4,9,11H,5-6H2,(H,16,17)/t9-,11-,13-/m0/s1. The number of halogens is 1. The number of benzene rings is 1. The number of hydrogen-bond donors (Lipinski definition) is 1. The minimum Gasteiger partial charge on any atom is -0.481 e. The molecule has 0 amide bonds. The van der Waals surface area contributed by atoms with Crippen molar-refractivity contribution in [3.63, 3.8) is 0 Å². The lowest BCUT2D eigenvalue weighted by molar-refractivity contribution is -0.141. The first-order valence-electron chi connectivity index (χ1n) is 5.60. The zero-order valence-electron chi connectivity index (χ0n) is 9.02. The summed E-state index contributed by atoms with van der Waals surface area (Å²) in [6.45, 7) is 0. The van der Waals surface area contributed by atoms with Gasteiger partial charge in [0.25, 0.3) is 0 Å². The van der Waals surface area contributed by atoms with Crippen LogP contribution >= 0.6 is 11.6 Å². The van der Waals surface area contributed by atoms with E-state index < -0.39 is 17.3 Å². The molecule has 3 nitrogen and oxygen atoms in total. The fourth-order valence-corrected chi connectivity index (χ4v) is 3.50. The Morgan fingerprint density at radius 3 is 2.53 bits per heavy atom. The molecule has 0 saturated heterocycles. The Kier molecular flexibility index (Phi) is 2.11. The average Bonchev–Trinajstić information content (AvgIpc) is 2.87. The largest absolute Gasteiger partial charge is 0.481 e. The summed E-state index contributed by atoms with van der Waals surface area (Å²) < 4.78 is 0. The third-order valence-electron chi connectivity index (χ3n) is 4.10. The van der Waals surface area contributed by atoms with Gasteiger partial charge in [-0.1, -0.05) is 23.7 Å². The Balaban J connectivity index is 2.07. The van der Waals surface area contributed by atoms with Crippen molar-refractivity contribution >= 4 is 23.4 Å². The summed E-state index contributed by atoms with van der Waals surface area (Å²) in [5.41, 5.74) is 0.0537. The number of carboxylic acid groups (broad SMARTS) is 1. The summed E-state index contributed by atoms with van der Waals surface area (Å²) in [7, 11) is 0. The van der Waals surface area contributed by atoms with Crippen molar-refractivity contribution in [2.75, 3.05) is 0 Å². The molecule has 1 aromatic rings. The second-order valence-corrected chi connectivity index (χ2v) is 5.20. The lowest BCUT2D eigenvalue weighted by atomic mass is 9.89. The van der Waals surface area contributed by atoms with Gasteiger partial charge in [-0.15, -0.1) is 0 Å². The van der Waals surface area contributed by atoms with Crippen LogP contribution in [0.3, 0.4) is 0 Å². The van der Waals surface area contributed by atoms with E-state index in [1.165, 1.54) is 0 Å². The highest BCUT2D eigenvalue weighted by Crippen LogP contribution is 2.67. The van der Waals surface area contributed by atoms with Crippen LogP contribution < -0.4 is 0 Å². The second-order valence-electron chi connectivity index (χ2n) is 4.76. The summed E-state index contributed by atoms with van der Waals surface area (Å²) >= 11 is 5.81. The Bertz CT molecular complexity index is 508. The molecule has 2 aliphatic rings. The first kappa shape index (κ1) is 10.8. The van der Waals surface area contributed by atoms with E-state index in [2.05, 4.69) is 0 Å². The zero-order chi connectivity index (χ0) is 12.2. The molecule has 2 saturated carbocycles. The van der Waals surface area contributed by atoms with Crippen LogP contribution in [0.5, 0.6) is 0 Å². The van der Waals surface area contributed by atoms with Crippen molar-refractivity contribution in [2.24, 2.45) is 11.8 Å². The van der Waals surface area contributed by atoms with Gasteiger partial charge in [0.1, 0.15) is 5.78 Å². The molecular formula is C13H11ClO3. The molecule has 3 rings (SSSR count). The number of ketones is 1. The van der Waals surface area contributed by atoms with E-state index in [9.17, 15) is 14.7 Å².